The number of amides is 3. The maximum absolute atomic E-state index is 12.8. The molecule has 2 aromatic carbocycles. The van der Waals surface area contributed by atoms with Crippen molar-refractivity contribution in [3.8, 4) is 10.6 Å². The van der Waals surface area contributed by atoms with Crippen LogP contribution in [0.4, 0.5) is 29.3 Å². The fraction of sp³-hybridized carbons (Fsp3) is 0.250. The van der Waals surface area contributed by atoms with Crippen LogP contribution in [0, 0.1) is 5.92 Å². The summed E-state index contributed by atoms with van der Waals surface area (Å²) in [5.74, 6) is -1.23. The Morgan fingerprint density at radius 2 is 1.67 bits per heavy atom. The highest BCUT2D eigenvalue weighted by Crippen LogP contribution is 2.31. The van der Waals surface area contributed by atoms with Gasteiger partial charge in [-0.3, -0.25) is 4.79 Å². The summed E-state index contributed by atoms with van der Waals surface area (Å²) in [6.07, 6.45) is -4.52. The first kappa shape index (κ1) is 26.7. The molecule has 1 aromatic heterocycles. The number of carbonyl (C=O) groups excluding carboxylic acids is 3. The fourth-order valence-electron chi connectivity index (χ4n) is 3.11. The summed E-state index contributed by atoms with van der Waals surface area (Å²) in [5, 5.41) is 9.63. The molecule has 0 radical (unpaired) electrons. The number of anilines is 2. The molecule has 36 heavy (non-hydrogen) atoms. The van der Waals surface area contributed by atoms with E-state index in [9.17, 15) is 27.6 Å². The highest BCUT2D eigenvalue weighted by molar-refractivity contribution is 7.13. The van der Waals surface area contributed by atoms with Crippen molar-refractivity contribution < 1.29 is 32.3 Å². The summed E-state index contributed by atoms with van der Waals surface area (Å²) in [6.45, 7) is 3.56. The number of hydrogen-bond donors (Lipinski definition) is 3. The van der Waals surface area contributed by atoms with Crippen LogP contribution in [0.2, 0.25) is 0 Å². The third kappa shape index (κ3) is 6.81. The van der Waals surface area contributed by atoms with Gasteiger partial charge in [0.15, 0.2) is 0 Å². The van der Waals surface area contributed by atoms with Crippen LogP contribution in [-0.4, -0.2) is 36.0 Å². The lowest BCUT2D eigenvalue weighted by Crippen LogP contribution is -2.45. The summed E-state index contributed by atoms with van der Waals surface area (Å²) < 4.78 is 43.2. The number of esters is 1. The first-order valence-corrected chi connectivity index (χ1v) is 11.6. The molecule has 1 atom stereocenters. The van der Waals surface area contributed by atoms with E-state index in [4.69, 9.17) is 4.74 Å². The number of nitrogens with one attached hydrogen (secondary N) is 3. The van der Waals surface area contributed by atoms with Gasteiger partial charge >= 0.3 is 18.2 Å². The zero-order valence-electron chi connectivity index (χ0n) is 19.5. The Labute approximate surface area is 208 Å². The molecule has 0 aliphatic rings. The monoisotopic (exact) mass is 520 g/mol. The van der Waals surface area contributed by atoms with E-state index in [2.05, 4.69) is 20.9 Å². The number of methoxy groups -OCH3 is 1. The van der Waals surface area contributed by atoms with E-state index in [-0.39, 0.29) is 17.3 Å². The van der Waals surface area contributed by atoms with Gasteiger partial charge in [-0.1, -0.05) is 19.9 Å². The van der Waals surface area contributed by atoms with Crippen LogP contribution in [0.15, 0.2) is 53.9 Å². The van der Waals surface area contributed by atoms with Gasteiger partial charge in [0.2, 0.25) is 0 Å². The summed E-state index contributed by atoms with van der Waals surface area (Å²) in [7, 11) is 1.25. The lowest BCUT2D eigenvalue weighted by atomic mass is 10.0. The number of carbonyl (C=O) groups is 3. The van der Waals surface area contributed by atoms with Gasteiger partial charge in [0, 0.05) is 22.3 Å². The molecule has 0 bridgehead atoms. The van der Waals surface area contributed by atoms with Crippen molar-refractivity contribution in [2.75, 3.05) is 17.7 Å². The number of benzene rings is 2. The van der Waals surface area contributed by atoms with Gasteiger partial charge in [-0.05, 0) is 48.4 Å². The Kier molecular flexibility index (Phi) is 8.30. The van der Waals surface area contributed by atoms with Crippen molar-refractivity contribution in [3.05, 3.63) is 65.2 Å². The lowest BCUT2D eigenvalue weighted by Gasteiger charge is -2.19. The Morgan fingerprint density at radius 1 is 1.00 bits per heavy atom. The first-order valence-electron chi connectivity index (χ1n) is 10.7. The van der Waals surface area contributed by atoms with Gasteiger partial charge in [-0.25, -0.2) is 14.6 Å². The van der Waals surface area contributed by atoms with E-state index in [0.29, 0.717) is 16.3 Å². The van der Waals surface area contributed by atoms with E-state index in [0.717, 1.165) is 12.1 Å². The zero-order valence-corrected chi connectivity index (χ0v) is 20.3. The third-order valence-electron chi connectivity index (χ3n) is 4.98. The van der Waals surface area contributed by atoms with Crippen molar-refractivity contribution >= 4 is 40.6 Å². The second-order valence-electron chi connectivity index (χ2n) is 7.99. The molecule has 3 rings (SSSR count). The number of thiazole rings is 1. The van der Waals surface area contributed by atoms with E-state index >= 15 is 0 Å². The Balaban J connectivity index is 1.62. The Bertz CT molecular complexity index is 1240. The minimum atomic E-state index is -4.52. The number of aromatic nitrogens is 1. The number of nitrogens with zero attached hydrogens (tertiary/aromatic N) is 1. The van der Waals surface area contributed by atoms with Gasteiger partial charge in [-0.15, -0.1) is 11.3 Å². The topological polar surface area (TPSA) is 109 Å². The van der Waals surface area contributed by atoms with Crippen LogP contribution in [-0.2, 0) is 15.7 Å². The number of alkyl halides is 3. The third-order valence-corrected chi connectivity index (χ3v) is 5.87. The second kappa shape index (κ2) is 11.2. The van der Waals surface area contributed by atoms with Crippen molar-refractivity contribution in [2.45, 2.75) is 26.1 Å². The molecular formula is C24H23F3N4O4S. The molecule has 190 valence electrons. The molecule has 0 fully saturated rings. The first-order chi connectivity index (χ1) is 17.0. The van der Waals surface area contributed by atoms with Crippen molar-refractivity contribution in [2.24, 2.45) is 5.92 Å². The summed E-state index contributed by atoms with van der Waals surface area (Å²) in [6, 6.07) is 9.32. The van der Waals surface area contributed by atoms with E-state index in [1.165, 1.54) is 30.6 Å². The smallest absolute Gasteiger partial charge is 0.416 e. The minimum absolute atomic E-state index is 0.000517. The van der Waals surface area contributed by atoms with E-state index < -0.39 is 35.7 Å². The average Bonchev–Trinajstić information content (AvgIpc) is 3.32. The van der Waals surface area contributed by atoms with Gasteiger partial charge in [-0.2, -0.15) is 13.2 Å². The standard InChI is InChI=1S/C24H23F3N4O4S/c1-13(2)19(22(33)35-3)31-20(32)18-12-36-21(30-18)14-7-9-16(10-8-14)28-23(34)29-17-6-4-5-15(11-17)24(25,26)27/h4-13,19H,1-3H3,(H,31,32)(H2,28,29,34)/t19-/m0/s1. The molecule has 0 unspecified atom stereocenters. The normalized spacial score (nSPS) is 12.1. The molecule has 8 nitrogen and oxygen atoms in total. The zero-order chi connectivity index (χ0) is 26.5. The molecule has 3 aromatic rings. The molecule has 1 heterocycles. The maximum atomic E-state index is 12.8. The predicted octanol–water partition coefficient (Wildman–Crippen LogP) is 5.40. The number of urea groups is 1. The highest BCUT2D eigenvalue weighted by Gasteiger charge is 2.30. The molecule has 0 aliphatic heterocycles. The predicted molar refractivity (Wildman–Crippen MR) is 130 cm³/mol. The van der Waals surface area contributed by atoms with Gasteiger partial charge in [0.1, 0.15) is 16.7 Å². The second-order valence-corrected chi connectivity index (χ2v) is 8.85. The summed E-state index contributed by atoms with van der Waals surface area (Å²) in [4.78, 5) is 40.9. The molecule has 0 saturated carbocycles. The van der Waals surface area contributed by atoms with E-state index in [1.807, 2.05) is 0 Å². The molecule has 3 N–H and O–H groups in total. The molecule has 12 heteroatoms. The maximum Gasteiger partial charge on any atom is 0.416 e. The van der Waals surface area contributed by atoms with Crippen LogP contribution in [0.5, 0.6) is 0 Å². The molecular weight excluding hydrogens is 497 g/mol. The number of rotatable bonds is 7. The minimum Gasteiger partial charge on any atom is -0.467 e. The lowest BCUT2D eigenvalue weighted by molar-refractivity contribution is -0.144. The number of hydrogen-bond acceptors (Lipinski definition) is 6. The fourth-order valence-corrected chi connectivity index (χ4v) is 3.92. The Hall–Kier alpha value is -3.93. The van der Waals surface area contributed by atoms with Crippen molar-refractivity contribution in [1.29, 1.82) is 0 Å². The number of halogens is 3. The molecule has 0 aliphatic carbocycles. The van der Waals surface area contributed by atoms with Gasteiger partial charge in [0.25, 0.3) is 5.91 Å². The van der Waals surface area contributed by atoms with Crippen LogP contribution >= 0.6 is 11.3 Å². The highest BCUT2D eigenvalue weighted by atomic mass is 32.1. The van der Waals surface area contributed by atoms with E-state index in [1.54, 1.807) is 43.5 Å². The average molecular weight is 521 g/mol. The van der Waals surface area contributed by atoms with Gasteiger partial charge in [0.05, 0.1) is 12.7 Å². The van der Waals surface area contributed by atoms with Gasteiger partial charge < -0.3 is 20.7 Å². The molecule has 0 saturated heterocycles. The number of ether oxygens (including phenoxy) is 1. The van der Waals surface area contributed by atoms with Crippen LogP contribution in [0.3, 0.4) is 0 Å². The van der Waals surface area contributed by atoms with Crippen LogP contribution in [0.25, 0.3) is 10.6 Å². The summed E-state index contributed by atoms with van der Waals surface area (Å²) in [5.41, 5.74) is 0.352. The van der Waals surface area contributed by atoms with Crippen LogP contribution < -0.4 is 16.0 Å². The largest absolute Gasteiger partial charge is 0.467 e. The van der Waals surface area contributed by atoms with Crippen LogP contribution in [0.1, 0.15) is 29.9 Å². The quantitative estimate of drug-likeness (QED) is 0.362. The summed E-state index contributed by atoms with van der Waals surface area (Å²) >= 11 is 1.23. The Morgan fingerprint density at radius 3 is 2.28 bits per heavy atom. The molecule has 0 spiro atoms. The molecule has 3 amide bonds. The SMILES string of the molecule is COC(=O)[C@@H](NC(=O)c1csc(-c2ccc(NC(=O)Nc3cccc(C(F)(F)F)c3)cc2)n1)C(C)C. The van der Waals surface area contributed by atoms with Crippen molar-refractivity contribution in [1.82, 2.24) is 10.3 Å². The van der Waals surface area contributed by atoms with Crippen molar-refractivity contribution in [3.63, 3.8) is 0 Å².